The van der Waals surface area contributed by atoms with E-state index in [0.717, 1.165) is 22.3 Å². The standard InChI is InChI=1S/C21H14ClF/c22-16-8-5-7-14(12-16)20-13-15-6-1-2-9-17(15)18-10-3-4-11-19(18)21(20)23/h1-12H,13H2. The molecule has 0 spiro atoms. The molecule has 1 aliphatic rings. The van der Waals surface area contributed by atoms with Crippen molar-refractivity contribution in [1.29, 1.82) is 0 Å². The fourth-order valence-corrected chi connectivity index (χ4v) is 3.37. The van der Waals surface area contributed by atoms with Crippen molar-refractivity contribution >= 4 is 23.0 Å². The van der Waals surface area contributed by atoms with Gasteiger partial charge in [0.2, 0.25) is 0 Å². The molecular weight excluding hydrogens is 307 g/mol. The predicted molar refractivity (Wildman–Crippen MR) is 95.0 cm³/mol. The Balaban J connectivity index is 2.02. The van der Waals surface area contributed by atoms with Crippen LogP contribution in [0.1, 0.15) is 16.7 Å². The third-order valence-corrected chi connectivity index (χ3v) is 4.51. The maximum atomic E-state index is 15.3. The van der Waals surface area contributed by atoms with Gasteiger partial charge in [0.05, 0.1) is 0 Å². The third-order valence-electron chi connectivity index (χ3n) is 4.28. The van der Waals surface area contributed by atoms with E-state index < -0.39 is 0 Å². The van der Waals surface area contributed by atoms with Crippen molar-refractivity contribution < 1.29 is 4.39 Å². The molecule has 3 aromatic rings. The molecule has 1 aliphatic carbocycles. The molecule has 3 aromatic carbocycles. The first-order valence-corrected chi connectivity index (χ1v) is 7.94. The lowest BCUT2D eigenvalue weighted by molar-refractivity contribution is 0.761. The van der Waals surface area contributed by atoms with Gasteiger partial charge in [-0.25, -0.2) is 4.39 Å². The molecule has 0 fully saturated rings. The molecule has 0 aliphatic heterocycles. The normalized spacial score (nSPS) is 13.3. The summed E-state index contributed by atoms with van der Waals surface area (Å²) in [7, 11) is 0. The van der Waals surface area contributed by atoms with Crippen LogP contribution in [0, 0.1) is 0 Å². The lowest BCUT2D eigenvalue weighted by Gasteiger charge is -2.09. The molecule has 0 saturated carbocycles. The molecule has 112 valence electrons. The molecule has 0 unspecified atom stereocenters. The first kappa shape index (κ1) is 14.2. The number of hydrogen-bond donors (Lipinski definition) is 0. The minimum Gasteiger partial charge on any atom is -0.206 e. The highest BCUT2D eigenvalue weighted by Crippen LogP contribution is 2.41. The highest BCUT2D eigenvalue weighted by atomic mass is 35.5. The maximum Gasteiger partial charge on any atom is 0.135 e. The quantitative estimate of drug-likeness (QED) is 0.486. The Morgan fingerprint density at radius 1 is 0.739 bits per heavy atom. The van der Waals surface area contributed by atoms with Gasteiger partial charge in [-0.1, -0.05) is 72.3 Å². The predicted octanol–water partition coefficient (Wildman–Crippen LogP) is 6.40. The average molecular weight is 321 g/mol. The number of fused-ring (bicyclic) bond motifs is 3. The van der Waals surface area contributed by atoms with Crippen LogP contribution in [-0.2, 0) is 6.42 Å². The molecule has 0 saturated heterocycles. The Kier molecular flexibility index (Phi) is 3.51. The van der Waals surface area contributed by atoms with Gasteiger partial charge in [-0.3, -0.25) is 0 Å². The second kappa shape index (κ2) is 5.68. The highest BCUT2D eigenvalue weighted by molar-refractivity contribution is 6.30. The number of benzene rings is 3. The van der Waals surface area contributed by atoms with Crippen molar-refractivity contribution in [1.82, 2.24) is 0 Å². The average Bonchev–Trinajstić information content (AvgIpc) is 2.71. The fraction of sp³-hybridized carbons (Fsp3) is 0.0476. The minimum absolute atomic E-state index is 0.168. The Morgan fingerprint density at radius 3 is 2.22 bits per heavy atom. The molecule has 4 rings (SSSR count). The first-order valence-electron chi connectivity index (χ1n) is 7.56. The summed E-state index contributed by atoms with van der Waals surface area (Å²) >= 11 is 6.11. The second-order valence-electron chi connectivity index (χ2n) is 5.68. The maximum absolute atomic E-state index is 15.3. The van der Waals surface area contributed by atoms with Gasteiger partial charge in [-0.15, -0.1) is 0 Å². The Morgan fingerprint density at radius 2 is 1.43 bits per heavy atom. The van der Waals surface area contributed by atoms with Crippen molar-refractivity contribution in [2.45, 2.75) is 6.42 Å². The van der Waals surface area contributed by atoms with Crippen LogP contribution in [0.5, 0.6) is 0 Å². The van der Waals surface area contributed by atoms with E-state index >= 15 is 4.39 Å². The van der Waals surface area contributed by atoms with Gasteiger partial charge >= 0.3 is 0 Å². The molecule has 2 heteroatoms. The molecular formula is C21H14ClF. The third kappa shape index (κ3) is 2.47. The van der Waals surface area contributed by atoms with Gasteiger partial charge < -0.3 is 0 Å². The lowest BCUT2D eigenvalue weighted by atomic mass is 9.95. The monoisotopic (exact) mass is 320 g/mol. The molecule has 0 aromatic heterocycles. The SMILES string of the molecule is FC1=C(c2cccc(Cl)c2)Cc2ccccc2-c2ccccc21. The van der Waals surface area contributed by atoms with E-state index in [0.29, 0.717) is 22.6 Å². The second-order valence-corrected chi connectivity index (χ2v) is 6.12. The summed E-state index contributed by atoms with van der Waals surface area (Å²) in [5, 5.41) is 0.619. The molecule has 0 nitrogen and oxygen atoms in total. The summed E-state index contributed by atoms with van der Waals surface area (Å²) in [6, 6.07) is 23.2. The van der Waals surface area contributed by atoms with Crippen LogP contribution in [0.3, 0.4) is 0 Å². The van der Waals surface area contributed by atoms with Gasteiger partial charge in [0.15, 0.2) is 0 Å². The molecule has 0 amide bonds. The van der Waals surface area contributed by atoms with Gasteiger partial charge in [-0.05, 0) is 34.4 Å². The van der Waals surface area contributed by atoms with Crippen LogP contribution < -0.4 is 0 Å². The minimum atomic E-state index is -0.168. The van der Waals surface area contributed by atoms with E-state index in [1.807, 2.05) is 60.7 Å². The number of allylic oxidation sites excluding steroid dienone is 1. The van der Waals surface area contributed by atoms with Crippen LogP contribution in [0.25, 0.3) is 22.5 Å². The lowest BCUT2D eigenvalue weighted by Crippen LogP contribution is -1.92. The summed E-state index contributed by atoms with van der Waals surface area (Å²) in [5.41, 5.74) is 5.33. The fourth-order valence-electron chi connectivity index (χ4n) is 3.18. The van der Waals surface area contributed by atoms with E-state index in [9.17, 15) is 0 Å². The van der Waals surface area contributed by atoms with Gasteiger partial charge in [0.1, 0.15) is 5.83 Å². The van der Waals surface area contributed by atoms with Crippen molar-refractivity contribution in [3.8, 4) is 11.1 Å². The van der Waals surface area contributed by atoms with Gasteiger partial charge in [0.25, 0.3) is 0 Å². The van der Waals surface area contributed by atoms with Gasteiger partial charge in [0, 0.05) is 22.6 Å². The molecule has 0 heterocycles. The van der Waals surface area contributed by atoms with E-state index in [4.69, 9.17) is 11.6 Å². The summed E-state index contributed by atoms with van der Waals surface area (Å²) in [5.74, 6) is -0.168. The summed E-state index contributed by atoms with van der Waals surface area (Å²) < 4.78 is 15.3. The van der Waals surface area contributed by atoms with Crippen molar-refractivity contribution in [2.75, 3.05) is 0 Å². The molecule has 0 radical (unpaired) electrons. The summed E-state index contributed by atoms with van der Waals surface area (Å²) in [6.45, 7) is 0. The topological polar surface area (TPSA) is 0 Å². The van der Waals surface area contributed by atoms with E-state index in [1.54, 1.807) is 0 Å². The smallest absolute Gasteiger partial charge is 0.135 e. The first-order chi connectivity index (χ1) is 11.2. The van der Waals surface area contributed by atoms with Crippen molar-refractivity contribution in [2.24, 2.45) is 0 Å². The highest BCUT2D eigenvalue weighted by Gasteiger charge is 2.22. The Hall–Kier alpha value is -2.38. The zero-order valence-corrected chi connectivity index (χ0v) is 13.1. The van der Waals surface area contributed by atoms with Crippen LogP contribution in [0.15, 0.2) is 72.8 Å². The van der Waals surface area contributed by atoms with Crippen LogP contribution in [0.2, 0.25) is 5.02 Å². The molecule has 0 N–H and O–H groups in total. The van der Waals surface area contributed by atoms with Crippen molar-refractivity contribution in [3.05, 3.63) is 94.5 Å². The van der Waals surface area contributed by atoms with Crippen LogP contribution in [-0.4, -0.2) is 0 Å². The number of hydrogen-bond acceptors (Lipinski definition) is 0. The van der Waals surface area contributed by atoms with E-state index in [1.165, 1.54) is 0 Å². The van der Waals surface area contributed by atoms with E-state index in [2.05, 4.69) is 12.1 Å². The molecule has 0 atom stereocenters. The number of rotatable bonds is 1. The van der Waals surface area contributed by atoms with Gasteiger partial charge in [-0.2, -0.15) is 0 Å². The molecule has 23 heavy (non-hydrogen) atoms. The summed E-state index contributed by atoms with van der Waals surface area (Å²) in [4.78, 5) is 0. The van der Waals surface area contributed by atoms with Crippen LogP contribution in [0.4, 0.5) is 4.39 Å². The van der Waals surface area contributed by atoms with Crippen molar-refractivity contribution in [3.63, 3.8) is 0 Å². The van der Waals surface area contributed by atoms with Crippen LogP contribution >= 0.6 is 11.6 Å². The summed E-state index contributed by atoms with van der Waals surface area (Å²) in [6.07, 6.45) is 0.553. The number of halogens is 2. The van der Waals surface area contributed by atoms with E-state index in [-0.39, 0.29) is 5.83 Å². The zero-order valence-electron chi connectivity index (χ0n) is 12.4. The largest absolute Gasteiger partial charge is 0.206 e. The Bertz CT molecular complexity index is 924. The Labute approximate surface area is 139 Å². The molecule has 0 bridgehead atoms. The zero-order chi connectivity index (χ0) is 15.8.